The highest BCUT2D eigenvalue weighted by molar-refractivity contribution is 5.93. The molecule has 1 aromatic carbocycles. The maximum Gasteiger partial charge on any atom is 0.227 e. The molecule has 1 aliphatic heterocycles. The van der Waals surface area contributed by atoms with E-state index in [9.17, 15) is 4.79 Å². The summed E-state index contributed by atoms with van der Waals surface area (Å²) in [5, 5.41) is 2.90. The Bertz CT molecular complexity index is 438. The van der Waals surface area contributed by atoms with E-state index in [2.05, 4.69) is 32.2 Å². The standard InChI is InChI=1S/C14H19NO2/c1-4-14(2,3)10-5-6-12-11(9-10)15-13(16)7-8-17-12/h5-6,9H,4,7-8H2,1-3H3,(H,15,16). The number of anilines is 1. The molecule has 0 unspecified atom stereocenters. The van der Waals surface area contributed by atoms with Gasteiger partial charge in [-0.3, -0.25) is 4.79 Å². The molecule has 0 saturated heterocycles. The van der Waals surface area contributed by atoms with Crippen molar-refractivity contribution in [3.8, 4) is 5.75 Å². The van der Waals surface area contributed by atoms with E-state index in [0.29, 0.717) is 13.0 Å². The van der Waals surface area contributed by atoms with Gasteiger partial charge in [0.1, 0.15) is 5.75 Å². The molecule has 0 saturated carbocycles. The zero-order valence-corrected chi connectivity index (χ0v) is 10.7. The third-order valence-corrected chi connectivity index (χ3v) is 3.51. The first-order chi connectivity index (χ1) is 8.03. The SMILES string of the molecule is CCC(C)(C)c1ccc2c(c1)NC(=O)CCO2. The van der Waals surface area contributed by atoms with Crippen molar-refractivity contribution in [2.24, 2.45) is 0 Å². The average molecular weight is 233 g/mol. The molecular weight excluding hydrogens is 214 g/mol. The number of hydrogen-bond donors (Lipinski definition) is 1. The Morgan fingerprint density at radius 1 is 1.41 bits per heavy atom. The number of carbonyl (C=O) groups is 1. The number of ether oxygens (including phenoxy) is 1. The Hall–Kier alpha value is -1.51. The second-order valence-electron chi connectivity index (χ2n) is 5.10. The number of rotatable bonds is 2. The molecule has 0 fully saturated rings. The van der Waals surface area contributed by atoms with Crippen LogP contribution in [0, 0.1) is 0 Å². The molecule has 92 valence electrons. The van der Waals surface area contributed by atoms with E-state index in [4.69, 9.17) is 4.74 Å². The number of carbonyl (C=O) groups excluding carboxylic acids is 1. The monoisotopic (exact) mass is 233 g/mol. The summed E-state index contributed by atoms with van der Waals surface area (Å²) in [7, 11) is 0. The predicted molar refractivity (Wildman–Crippen MR) is 68.5 cm³/mol. The molecule has 3 nitrogen and oxygen atoms in total. The van der Waals surface area contributed by atoms with E-state index < -0.39 is 0 Å². The minimum atomic E-state index is 0.0233. The first-order valence-electron chi connectivity index (χ1n) is 6.10. The summed E-state index contributed by atoms with van der Waals surface area (Å²) in [6.45, 7) is 7.03. The predicted octanol–water partition coefficient (Wildman–Crippen LogP) is 3.10. The van der Waals surface area contributed by atoms with Gasteiger partial charge in [0.05, 0.1) is 18.7 Å². The molecule has 0 spiro atoms. The molecule has 0 aromatic heterocycles. The summed E-state index contributed by atoms with van der Waals surface area (Å²) in [4.78, 5) is 11.5. The average Bonchev–Trinajstić information content (AvgIpc) is 2.48. The van der Waals surface area contributed by atoms with Crippen molar-refractivity contribution in [3.05, 3.63) is 23.8 Å². The van der Waals surface area contributed by atoms with Gasteiger partial charge < -0.3 is 10.1 Å². The molecule has 0 bridgehead atoms. The fraction of sp³-hybridized carbons (Fsp3) is 0.500. The van der Waals surface area contributed by atoms with Crippen LogP contribution >= 0.6 is 0 Å². The normalized spacial score (nSPS) is 15.6. The zero-order valence-electron chi connectivity index (χ0n) is 10.7. The van der Waals surface area contributed by atoms with Gasteiger partial charge in [0.25, 0.3) is 0 Å². The third-order valence-electron chi connectivity index (χ3n) is 3.51. The van der Waals surface area contributed by atoms with Crippen molar-refractivity contribution < 1.29 is 9.53 Å². The summed E-state index contributed by atoms with van der Waals surface area (Å²) in [6, 6.07) is 6.07. The maximum atomic E-state index is 11.5. The molecule has 0 radical (unpaired) electrons. The second-order valence-corrected chi connectivity index (χ2v) is 5.10. The molecular formula is C14H19NO2. The number of fused-ring (bicyclic) bond motifs is 1. The van der Waals surface area contributed by atoms with E-state index in [1.165, 1.54) is 5.56 Å². The molecule has 2 rings (SSSR count). The number of amides is 1. The molecule has 17 heavy (non-hydrogen) atoms. The van der Waals surface area contributed by atoms with E-state index in [1.807, 2.05) is 12.1 Å². The van der Waals surface area contributed by atoms with Crippen LogP contribution in [0.1, 0.15) is 39.2 Å². The van der Waals surface area contributed by atoms with Crippen LogP contribution in [0.15, 0.2) is 18.2 Å². The van der Waals surface area contributed by atoms with Gasteiger partial charge in [0, 0.05) is 0 Å². The first-order valence-corrected chi connectivity index (χ1v) is 6.10. The molecule has 1 heterocycles. The van der Waals surface area contributed by atoms with Crippen molar-refractivity contribution in [2.75, 3.05) is 11.9 Å². The lowest BCUT2D eigenvalue weighted by atomic mass is 9.82. The van der Waals surface area contributed by atoms with Gasteiger partial charge in [-0.25, -0.2) is 0 Å². The Balaban J connectivity index is 2.39. The Morgan fingerprint density at radius 3 is 2.88 bits per heavy atom. The molecule has 1 amide bonds. The van der Waals surface area contributed by atoms with Gasteiger partial charge in [0.2, 0.25) is 5.91 Å². The topological polar surface area (TPSA) is 38.3 Å². The Kier molecular flexibility index (Phi) is 3.09. The highest BCUT2D eigenvalue weighted by Gasteiger charge is 2.21. The number of hydrogen-bond acceptors (Lipinski definition) is 2. The van der Waals surface area contributed by atoms with Crippen LogP contribution < -0.4 is 10.1 Å². The van der Waals surface area contributed by atoms with Gasteiger partial charge in [-0.15, -0.1) is 0 Å². The van der Waals surface area contributed by atoms with Crippen molar-refractivity contribution in [2.45, 2.75) is 39.0 Å². The fourth-order valence-corrected chi connectivity index (χ4v) is 1.85. The van der Waals surface area contributed by atoms with Crippen LogP contribution in [-0.4, -0.2) is 12.5 Å². The van der Waals surface area contributed by atoms with Crippen LogP contribution in [-0.2, 0) is 10.2 Å². The summed E-state index contributed by atoms with van der Waals surface area (Å²) >= 11 is 0. The van der Waals surface area contributed by atoms with E-state index >= 15 is 0 Å². The van der Waals surface area contributed by atoms with E-state index in [1.54, 1.807) is 0 Å². The van der Waals surface area contributed by atoms with Crippen molar-refractivity contribution in [3.63, 3.8) is 0 Å². The summed E-state index contributed by atoms with van der Waals surface area (Å²) in [6.07, 6.45) is 1.47. The molecule has 3 heteroatoms. The quantitative estimate of drug-likeness (QED) is 0.852. The van der Waals surface area contributed by atoms with Gasteiger partial charge in [-0.05, 0) is 29.5 Å². The highest BCUT2D eigenvalue weighted by Crippen LogP contribution is 2.34. The summed E-state index contributed by atoms with van der Waals surface area (Å²) in [5.41, 5.74) is 2.14. The first kappa shape index (κ1) is 12.0. The number of nitrogens with one attached hydrogen (secondary N) is 1. The highest BCUT2D eigenvalue weighted by atomic mass is 16.5. The van der Waals surface area contributed by atoms with Gasteiger partial charge >= 0.3 is 0 Å². The van der Waals surface area contributed by atoms with Gasteiger partial charge in [-0.2, -0.15) is 0 Å². The minimum Gasteiger partial charge on any atom is -0.491 e. The second kappa shape index (κ2) is 4.40. The smallest absolute Gasteiger partial charge is 0.227 e. The van der Waals surface area contributed by atoms with E-state index in [0.717, 1.165) is 17.9 Å². The zero-order chi connectivity index (χ0) is 12.5. The van der Waals surface area contributed by atoms with Gasteiger partial charge in [0.15, 0.2) is 0 Å². The minimum absolute atomic E-state index is 0.0233. The van der Waals surface area contributed by atoms with E-state index in [-0.39, 0.29) is 11.3 Å². The number of benzene rings is 1. The van der Waals surface area contributed by atoms with Gasteiger partial charge in [-0.1, -0.05) is 26.8 Å². The Morgan fingerprint density at radius 2 is 2.18 bits per heavy atom. The Labute approximate surface area is 102 Å². The molecule has 0 atom stereocenters. The largest absolute Gasteiger partial charge is 0.491 e. The molecule has 0 aliphatic carbocycles. The summed E-state index contributed by atoms with van der Waals surface area (Å²) < 4.78 is 5.54. The van der Waals surface area contributed by atoms with Crippen LogP contribution in [0.25, 0.3) is 0 Å². The molecule has 1 aliphatic rings. The fourth-order valence-electron chi connectivity index (χ4n) is 1.85. The van der Waals surface area contributed by atoms with Crippen molar-refractivity contribution in [1.29, 1.82) is 0 Å². The lowest BCUT2D eigenvalue weighted by Gasteiger charge is -2.24. The lowest BCUT2D eigenvalue weighted by Crippen LogP contribution is -2.16. The lowest BCUT2D eigenvalue weighted by molar-refractivity contribution is -0.116. The third kappa shape index (κ3) is 2.43. The van der Waals surface area contributed by atoms with Crippen LogP contribution in [0.5, 0.6) is 5.75 Å². The van der Waals surface area contributed by atoms with Crippen LogP contribution in [0.4, 0.5) is 5.69 Å². The van der Waals surface area contributed by atoms with Crippen molar-refractivity contribution in [1.82, 2.24) is 0 Å². The van der Waals surface area contributed by atoms with Crippen molar-refractivity contribution >= 4 is 11.6 Å². The summed E-state index contributed by atoms with van der Waals surface area (Å²) in [5.74, 6) is 0.793. The molecule has 1 aromatic rings. The maximum absolute atomic E-state index is 11.5. The van der Waals surface area contributed by atoms with Crippen LogP contribution in [0.2, 0.25) is 0 Å². The van der Waals surface area contributed by atoms with Crippen LogP contribution in [0.3, 0.4) is 0 Å². The molecule has 1 N–H and O–H groups in total.